The van der Waals surface area contributed by atoms with E-state index in [0.29, 0.717) is 11.6 Å². The van der Waals surface area contributed by atoms with E-state index in [0.717, 1.165) is 59.0 Å². The Labute approximate surface area is 197 Å². The van der Waals surface area contributed by atoms with Crippen LogP contribution in [0.5, 0.6) is 0 Å². The summed E-state index contributed by atoms with van der Waals surface area (Å²) in [4.78, 5) is 26.8. The lowest BCUT2D eigenvalue weighted by molar-refractivity contribution is 0.0992. The minimum Gasteiger partial charge on any atom is -0.354 e. The monoisotopic (exact) mass is 458 g/mol. The minimum absolute atomic E-state index is 0.0478. The Morgan fingerprint density at radius 1 is 1.03 bits per heavy atom. The zero-order chi connectivity index (χ0) is 22.8. The fourth-order valence-corrected chi connectivity index (χ4v) is 4.77. The fourth-order valence-electron chi connectivity index (χ4n) is 4.21. The number of carbonyl (C=O) groups is 1. The second-order valence-corrected chi connectivity index (χ2v) is 9.43. The van der Waals surface area contributed by atoms with Gasteiger partial charge in [-0.15, -0.1) is 10.2 Å². The number of hydrogen-bond donors (Lipinski definition) is 0. The molecule has 3 aromatic heterocycles. The van der Waals surface area contributed by atoms with Gasteiger partial charge in [0, 0.05) is 66.8 Å². The summed E-state index contributed by atoms with van der Waals surface area (Å²) in [5.74, 6) is 0.920. The zero-order valence-electron chi connectivity index (χ0n) is 18.8. The van der Waals surface area contributed by atoms with Gasteiger partial charge in [-0.1, -0.05) is 23.5 Å². The van der Waals surface area contributed by atoms with Crippen LogP contribution in [0, 0.1) is 0 Å². The summed E-state index contributed by atoms with van der Waals surface area (Å²) < 4.78 is 0. The molecule has 0 amide bonds. The molecule has 1 saturated heterocycles. The van der Waals surface area contributed by atoms with Gasteiger partial charge in [-0.2, -0.15) is 0 Å². The van der Waals surface area contributed by atoms with Gasteiger partial charge in [-0.25, -0.2) is 4.98 Å². The van der Waals surface area contributed by atoms with Crippen LogP contribution in [0.3, 0.4) is 0 Å². The number of ketones is 1. The largest absolute Gasteiger partial charge is 0.354 e. The van der Waals surface area contributed by atoms with E-state index in [-0.39, 0.29) is 12.2 Å². The highest BCUT2D eigenvalue weighted by Gasteiger charge is 2.20. The molecule has 168 valence electrons. The van der Waals surface area contributed by atoms with E-state index in [4.69, 9.17) is 0 Å². The number of hydrogen-bond acceptors (Lipinski definition) is 8. The van der Waals surface area contributed by atoms with E-state index in [2.05, 4.69) is 49.9 Å². The number of Topliss-reactive ketones (excluding diaryl/α,β-unsaturated/α-hetero) is 1. The highest BCUT2D eigenvalue weighted by Crippen LogP contribution is 2.26. The Morgan fingerprint density at radius 3 is 2.64 bits per heavy atom. The molecule has 0 aliphatic carbocycles. The van der Waals surface area contributed by atoms with Crippen molar-refractivity contribution in [3.05, 3.63) is 65.6 Å². The summed E-state index contributed by atoms with van der Waals surface area (Å²) in [5.41, 5.74) is 4.18. The van der Waals surface area contributed by atoms with Crippen molar-refractivity contribution in [2.45, 2.75) is 26.3 Å². The van der Waals surface area contributed by atoms with Crippen molar-refractivity contribution in [2.24, 2.45) is 0 Å². The molecular formula is C25H26N6OS. The van der Waals surface area contributed by atoms with Crippen LogP contribution in [0.2, 0.25) is 0 Å². The summed E-state index contributed by atoms with van der Waals surface area (Å²) in [5, 5.41) is 11.0. The van der Waals surface area contributed by atoms with Crippen LogP contribution < -0.4 is 4.90 Å². The molecule has 4 aromatic rings. The predicted molar refractivity (Wildman–Crippen MR) is 132 cm³/mol. The standard InChI is InChI=1S/C25H26N6OS/c1-17(2)30-7-9-31(10-8-30)24-13-18(5-6-26-24)23(32)14-22-12-21-11-19(25-29-28-16-33-25)3-4-20(21)15-27-22/h3-6,11-13,15-17H,7-10,14H2,1-2H3. The molecule has 0 atom stereocenters. The maximum atomic E-state index is 13.1. The number of piperazine rings is 1. The third-order valence-corrected chi connectivity index (χ3v) is 6.90. The van der Waals surface area contributed by atoms with Gasteiger partial charge >= 0.3 is 0 Å². The van der Waals surface area contributed by atoms with Gasteiger partial charge < -0.3 is 4.90 Å². The number of fused-ring (bicyclic) bond motifs is 1. The van der Waals surface area contributed by atoms with Gasteiger partial charge in [-0.05, 0) is 43.5 Å². The SMILES string of the molecule is CC(C)N1CCN(c2cc(C(=O)Cc3cc4cc(-c5nncs5)ccc4cn3)ccn2)CC1. The van der Waals surface area contributed by atoms with E-state index in [1.54, 1.807) is 17.8 Å². The first-order valence-electron chi connectivity index (χ1n) is 11.2. The van der Waals surface area contributed by atoms with Crippen LogP contribution in [0.15, 0.2) is 54.3 Å². The van der Waals surface area contributed by atoms with E-state index in [1.165, 1.54) is 11.3 Å². The molecule has 4 heterocycles. The van der Waals surface area contributed by atoms with E-state index in [1.807, 2.05) is 30.5 Å². The van der Waals surface area contributed by atoms with E-state index >= 15 is 0 Å². The van der Waals surface area contributed by atoms with Gasteiger partial charge in [0.1, 0.15) is 16.3 Å². The molecule has 0 spiro atoms. The van der Waals surface area contributed by atoms with Crippen LogP contribution >= 0.6 is 11.3 Å². The Balaban J connectivity index is 1.32. The Hall–Kier alpha value is -3.23. The summed E-state index contributed by atoms with van der Waals surface area (Å²) >= 11 is 1.51. The number of pyridine rings is 2. The smallest absolute Gasteiger partial charge is 0.169 e. The molecule has 0 N–H and O–H groups in total. The molecule has 0 saturated carbocycles. The maximum Gasteiger partial charge on any atom is 0.169 e. The van der Waals surface area contributed by atoms with Gasteiger partial charge in [0.25, 0.3) is 0 Å². The molecular weight excluding hydrogens is 432 g/mol. The summed E-state index contributed by atoms with van der Waals surface area (Å²) in [6, 6.07) is 12.4. The highest BCUT2D eigenvalue weighted by atomic mass is 32.1. The van der Waals surface area contributed by atoms with Crippen molar-refractivity contribution in [1.82, 2.24) is 25.1 Å². The molecule has 0 bridgehead atoms. The highest BCUT2D eigenvalue weighted by molar-refractivity contribution is 7.12. The molecule has 8 heteroatoms. The van der Waals surface area contributed by atoms with Crippen molar-refractivity contribution in [1.29, 1.82) is 0 Å². The van der Waals surface area contributed by atoms with Gasteiger partial charge in [0.15, 0.2) is 5.78 Å². The van der Waals surface area contributed by atoms with Crippen molar-refractivity contribution in [3.63, 3.8) is 0 Å². The minimum atomic E-state index is 0.0478. The van der Waals surface area contributed by atoms with E-state index in [9.17, 15) is 4.79 Å². The maximum absolute atomic E-state index is 13.1. The third kappa shape index (κ3) is 4.77. The lowest BCUT2D eigenvalue weighted by Crippen LogP contribution is -2.49. The van der Waals surface area contributed by atoms with Crippen LogP contribution in [-0.2, 0) is 6.42 Å². The second-order valence-electron chi connectivity index (χ2n) is 8.60. The first-order chi connectivity index (χ1) is 16.1. The quantitative estimate of drug-likeness (QED) is 0.403. The summed E-state index contributed by atoms with van der Waals surface area (Å²) in [7, 11) is 0. The van der Waals surface area contributed by atoms with Gasteiger partial charge in [-0.3, -0.25) is 14.7 Å². The topological polar surface area (TPSA) is 75.1 Å². The summed E-state index contributed by atoms with van der Waals surface area (Å²) in [6.45, 7) is 8.32. The average molecular weight is 459 g/mol. The first kappa shape index (κ1) is 21.6. The van der Waals surface area contributed by atoms with Crippen LogP contribution in [-0.4, -0.2) is 63.1 Å². The van der Waals surface area contributed by atoms with Crippen molar-refractivity contribution in [2.75, 3.05) is 31.1 Å². The normalized spacial score (nSPS) is 14.8. The zero-order valence-corrected chi connectivity index (χ0v) is 19.6. The Bertz CT molecular complexity index is 1270. The van der Waals surface area contributed by atoms with Gasteiger partial charge in [0.05, 0.1) is 6.42 Å². The second kappa shape index (κ2) is 9.33. The molecule has 0 unspecified atom stereocenters. The number of anilines is 1. The van der Waals surface area contributed by atoms with Crippen molar-refractivity contribution in [3.8, 4) is 10.6 Å². The Morgan fingerprint density at radius 2 is 1.88 bits per heavy atom. The average Bonchev–Trinajstić information content (AvgIpc) is 3.39. The van der Waals surface area contributed by atoms with Gasteiger partial charge in [0.2, 0.25) is 0 Å². The van der Waals surface area contributed by atoms with Crippen LogP contribution in [0.1, 0.15) is 29.9 Å². The van der Waals surface area contributed by atoms with Crippen molar-refractivity contribution >= 4 is 33.7 Å². The molecule has 1 aromatic carbocycles. The number of benzene rings is 1. The number of nitrogens with zero attached hydrogens (tertiary/aromatic N) is 6. The molecule has 1 aliphatic rings. The number of carbonyl (C=O) groups excluding carboxylic acids is 1. The van der Waals surface area contributed by atoms with Crippen molar-refractivity contribution < 1.29 is 4.79 Å². The number of rotatable bonds is 6. The lowest BCUT2D eigenvalue weighted by Gasteiger charge is -2.37. The number of aromatic nitrogens is 4. The Kier molecular flexibility index (Phi) is 6.11. The molecule has 5 rings (SSSR count). The summed E-state index contributed by atoms with van der Waals surface area (Å²) in [6.07, 6.45) is 3.82. The molecule has 7 nitrogen and oxygen atoms in total. The first-order valence-corrected chi connectivity index (χ1v) is 12.1. The molecule has 1 fully saturated rings. The lowest BCUT2D eigenvalue weighted by atomic mass is 10.0. The third-order valence-electron chi connectivity index (χ3n) is 6.16. The molecule has 33 heavy (non-hydrogen) atoms. The van der Waals surface area contributed by atoms with Crippen LogP contribution in [0.25, 0.3) is 21.3 Å². The predicted octanol–water partition coefficient (Wildman–Crippen LogP) is 4.10. The van der Waals surface area contributed by atoms with E-state index < -0.39 is 0 Å². The fraction of sp³-hybridized carbons (Fsp3) is 0.320. The molecule has 0 radical (unpaired) electrons. The van der Waals surface area contributed by atoms with Crippen LogP contribution in [0.4, 0.5) is 5.82 Å². The molecule has 1 aliphatic heterocycles.